The lowest BCUT2D eigenvalue weighted by molar-refractivity contribution is -0.148. The second-order valence-electron chi connectivity index (χ2n) is 8.00. The highest BCUT2D eigenvalue weighted by Crippen LogP contribution is 2.31. The molecule has 0 saturated carbocycles. The van der Waals surface area contributed by atoms with Crippen molar-refractivity contribution in [1.82, 2.24) is 19.4 Å². The molecular formula is C23H32N4O2. The molecule has 2 aliphatic rings. The highest BCUT2D eigenvalue weighted by Gasteiger charge is 2.37. The predicted molar refractivity (Wildman–Crippen MR) is 113 cm³/mol. The van der Waals surface area contributed by atoms with Crippen molar-refractivity contribution in [2.24, 2.45) is 0 Å². The van der Waals surface area contributed by atoms with E-state index in [2.05, 4.69) is 50.5 Å². The number of hydrogen-bond donors (Lipinski definition) is 0. The first-order valence-corrected chi connectivity index (χ1v) is 10.9. The molecule has 2 aromatic rings. The van der Waals surface area contributed by atoms with Crippen molar-refractivity contribution in [3.63, 3.8) is 0 Å². The van der Waals surface area contributed by atoms with Crippen LogP contribution in [0.25, 0.3) is 0 Å². The van der Waals surface area contributed by atoms with Crippen molar-refractivity contribution in [2.45, 2.75) is 51.3 Å². The van der Waals surface area contributed by atoms with Crippen molar-refractivity contribution >= 4 is 5.91 Å². The van der Waals surface area contributed by atoms with Gasteiger partial charge in [-0.2, -0.15) is 0 Å². The van der Waals surface area contributed by atoms with Crippen molar-refractivity contribution in [1.29, 1.82) is 0 Å². The van der Waals surface area contributed by atoms with E-state index in [0.29, 0.717) is 26.1 Å². The molecule has 2 aliphatic heterocycles. The van der Waals surface area contributed by atoms with Gasteiger partial charge in [-0.3, -0.25) is 4.79 Å². The predicted octanol–water partition coefficient (Wildman–Crippen LogP) is 2.90. The maximum atomic E-state index is 13.3. The fourth-order valence-corrected chi connectivity index (χ4v) is 4.65. The summed E-state index contributed by atoms with van der Waals surface area (Å²) in [5.41, 5.74) is 1.17. The maximum Gasteiger partial charge on any atom is 0.225 e. The number of benzene rings is 1. The first-order valence-electron chi connectivity index (χ1n) is 10.9. The average molecular weight is 397 g/mol. The molecule has 2 saturated heterocycles. The molecular weight excluding hydrogens is 364 g/mol. The molecule has 1 amide bonds. The van der Waals surface area contributed by atoms with Crippen LogP contribution in [0, 0.1) is 0 Å². The molecule has 0 aliphatic carbocycles. The Balaban J connectivity index is 1.50. The van der Waals surface area contributed by atoms with E-state index in [9.17, 15) is 4.79 Å². The third-order valence-corrected chi connectivity index (χ3v) is 6.13. The molecule has 0 spiro atoms. The molecule has 156 valence electrons. The van der Waals surface area contributed by atoms with Crippen LogP contribution in [0.3, 0.4) is 0 Å². The van der Waals surface area contributed by atoms with Crippen molar-refractivity contribution in [3.05, 3.63) is 54.1 Å². The van der Waals surface area contributed by atoms with Crippen LogP contribution in [0.2, 0.25) is 0 Å². The zero-order chi connectivity index (χ0) is 20.1. The molecule has 2 atom stereocenters. The minimum Gasteiger partial charge on any atom is -0.373 e. The Morgan fingerprint density at radius 3 is 2.72 bits per heavy atom. The van der Waals surface area contributed by atoms with Gasteiger partial charge in [0, 0.05) is 44.9 Å². The largest absolute Gasteiger partial charge is 0.373 e. The van der Waals surface area contributed by atoms with E-state index in [0.717, 1.165) is 31.9 Å². The van der Waals surface area contributed by atoms with Gasteiger partial charge in [-0.05, 0) is 31.5 Å². The van der Waals surface area contributed by atoms with Crippen molar-refractivity contribution in [2.75, 3.05) is 32.8 Å². The van der Waals surface area contributed by atoms with Gasteiger partial charge in [0.1, 0.15) is 5.82 Å². The summed E-state index contributed by atoms with van der Waals surface area (Å²) >= 11 is 0. The topological polar surface area (TPSA) is 50.6 Å². The van der Waals surface area contributed by atoms with Crippen LogP contribution in [-0.4, -0.2) is 64.1 Å². The molecule has 0 radical (unpaired) electrons. The van der Waals surface area contributed by atoms with E-state index < -0.39 is 0 Å². The first-order chi connectivity index (χ1) is 14.3. The number of aryl methyl sites for hydroxylation is 2. The van der Waals surface area contributed by atoms with Crippen LogP contribution in [0.5, 0.6) is 0 Å². The number of carbonyl (C=O) groups is 1. The van der Waals surface area contributed by atoms with Crippen LogP contribution in [0.1, 0.15) is 43.6 Å². The summed E-state index contributed by atoms with van der Waals surface area (Å²) < 4.78 is 8.32. The van der Waals surface area contributed by atoms with Crippen LogP contribution in [-0.2, 0) is 22.5 Å². The van der Waals surface area contributed by atoms with Gasteiger partial charge in [0.2, 0.25) is 5.91 Å². The summed E-state index contributed by atoms with van der Waals surface area (Å²) in [6.07, 6.45) is 7.69. The number of imidazole rings is 1. The third kappa shape index (κ3) is 4.70. The Hall–Kier alpha value is -2.18. The summed E-state index contributed by atoms with van der Waals surface area (Å²) in [5.74, 6) is 1.23. The molecule has 0 bridgehead atoms. The van der Waals surface area contributed by atoms with Gasteiger partial charge in [0.15, 0.2) is 0 Å². The van der Waals surface area contributed by atoms with Gasteiger partial charge in [-0.1, -0.05) is 37.3 Å². The highest BCUT2D eigenvalue weighted by atomic mass is 16.5. The molecule has 1 aromatic carbocycles. The second-order valence-corrected chi connectivity index (χ2v) is 8.00. The normalized spacial score (nSPS) is 22.9. The Morgan fingerprint density at radius 2 is 1.97 bits per heavy atom. The van der Waals surface area contributed by atoms with E-state index >= 15 is 0 Å². The van der Waals surface area contributed by atoms with E-state index in [1.807, 2.05) is 18.5 Å². The number of amides is 1. The third-order valence-electron chi connectivity index (χ3n) is 6.13. The molecule has 1 aromatic heterocycles. The van der Waals surface area contributed by atoms with Crippen LogP contribution in [0.4, 0.5) is 0 Å². The Kier molecular flexibility index (Phi) is 6.62. The molecule has 4 rings (SSSR count). The summed E-state index contributed by atoms with van der Waals surface area (Å²) in [6.45, 7) is 7.20. The van der Waals surface area contributed by atoms with Gasteiger partial charge >= 0.3 is 0 Å². The minimum absolute atomic E-state index is 0.0210. The Morgan fingerprint density at radius 1 is 1.17 bits per heavy atom. The number of carbonyl (C=O) groups excluding carboxylic acids is 1. The van der Waals surface area contributed by atoms with E-state index in [4.69, 9.17) is 4.74 Å². The lowest BCUT2D eigenvalue weighted by atomic mass is 9.97. The van der Waals surface area contributed by atoms with Crippen molar-refractivity contribution < 1.29 is 9.53 Å². The quantitative estimate of drug-likeness (QED) is 0.722. The average Bonchev–Trinajstić information content (AvgIpc) is 3.44. The number of likely N-dealkylation sites (tertiary alicyclic amines) is 1. The minimum atomic E-state index is -0.0218. The summed E-state index contributed by atoms with van der Waals surface area (Å²) in [5, 5.41) is 0. The van der Waals surface area contributed by atoms with E-state index in [1.54, 1.807) is 0 Å². The number of nitrogens with zero attached hydrogens (tertiary/aromatic N) is 4. The van der Waals surface area contributed by atoms with Crippen molar-refractivity contribution in [3.8, 4) is 0 Å². The molecule has 0 unspecified atom stereocenters. The summed E-state index contributed by atoms with van der Waals surface area (Å²) in [7, 11) is 0. The fraction of sp³-hybridized carbons (Fsp3) is 0.565. The number of hydrogen-bond acceptors (Lipinski definition) is 4. The monoisotopic (exact) mass is 396 g/mol. The highest BCUT2D eigenvalue weighted by molar-refractivity contribution is 5.77. The van der Waals surface area contributed by atoms with E-state index in [-0.39, 0.29) is 18.1 Å². The van der Waals surface area contributed by atoms with Gasteiger partial charge in [-0.25, -0.2) is 4.98 Å². The number of rotatable bonds is 7. The SMILES string of the molecule is CCc1nccn1CCC(=O)N1CCO[C@@H](CN2CCCC2)[C@@H]1c1ccccc1. The smallest absolute Gasteiger partial charge is 0.225 e. The van der Waals surface area contributed by atoms with Crippen LogP contribution in [0.15, 0.2) is 42.7 Å². The summed E-state index contributed by atoms with van der Waals surface area (Å²) in [6, 6.07) is 10.4. The molecule has 29 heavy (non-hydrogen) atoms. The van der Waals surface area contributed by atoms with Crippen LogP contribution < -0.4 is 0 Å². The Bertz CT molecular complexity index is 785. The molecule has 6 nitrogen and oxygen atoms in total. The molecule has 3 heterocycles. The summed E-state index contributed by atoms with van der Waals surface area (Å²) in [4.78, 5) is 22.2. The lowest BCUT2D eigenvalue weighted by Crippen LogP contribution is -2.51. The number of ether oxygens (including phenoxy) is 1. The number of aromatic nitrogens is 2. The van der Waals surface area contributed by atoms with Gasteiger partial charge in [-0.15, -0.1) is 0 Å². The molecule has 2 fully saturated rings. The van der Waals surface area contributed by atoms with Crippen LogP contribution >= 0.6 is 0 Å². The van der Waals surface area contributed by atoms with Gasteiger partial charge < -0.3 is 19.1 Å². The fourth-order valence-electron chi connectivity index (χ4n) is 4.65. The van der Waals surface area contributed by atoms with E-state index in [1.165, 1.54) is 18.4 Å². The number of morpholine rings is 1. The first kappa shape index (κ1) is 20.1. The molecule has 0 N–H and O–H groups in total. The lowest BCUT2D eigenvalue weighted by Gasteiger charge is -2.43. The zero-order valence-electron chi connectivity index (χ0n) is 17.4. The van der Waals surface area contributed by atoms with Gasteiger partial charge in [0.25, 0.3) is 0 Å². The zero-order valence-corrected chi connectivity index (χ0v) is 17.4. The maximum absolute atomic E-state index is 13.3. The second kappa shape index (κ2) is 9.55. The standard InChI is InChI=1S/C23H32N4O2/c1-2-21-24-11-15-26(21)14-10-22(28)27-16-17-29-20(18-25-12-6-7-13-25)23(27)19-8-4-3-5-9-19/h3-5,8-9,11,15,20,23H,2,6-7,10,12-14,16-18H2,1H3/t20-,23-/m0/s1. The Labute approximate surface area is 173 Å². The van der Waals surface area contributed by atoms with Gasteiger partial charge in [0.05, 0.1) is 18.8 Å². The molecule has 6 heteroatoms.